The number of nitrogens with one attached hydrogen (secondary N) is 1. The summed E-state index contributed by atoms with van der Waals surface area (Å²) in [5, 5.41) is 7.28. The predicted molar refractivity (Wildman–Crippen MR) is 153 cm³/mol. The molecule has 2 heterocycles. The van der Waals surface area contributed by atoms with Crippen LogP contribution >= 0.6 is 0 Å². The lowest BCUT2D eigenvalue weighted by Crippen LogP contribution is -2.24. The number of rotatable bonds is 11. The van der Waals surface area contributed by atoms with E-state index in [0.717, 1.165) is 30.9 Å². The molecule has 0 unspecified atom stereocenters. The minimum Gasteiger partial charge on any atom is -0.494 e. The Labute approximate surface area is 241 Å². The average Bonchev–Trinajstić information content (AvgIpc) is 3.29. The van der Waals surface area contributed by atoms with E-state index in [1.165, 1.54) is 4.68 Å². The number of halogens is 4. The molecule has 0 spiro atoms. The molecule has 0 saturated heterocycles. The van der Waals surface area contributed by atoms with Crippen molar-refractivity contribution in [2.45, 2.75) is 51.6 Å². The molecule has 9 nitrogen and oxygen atoms in total. The first-order valence-corrected chi connectivity index (χ1v) is 16.8. The van der Waals surface area contributed by atoms with Crippen LogP contribution in [0.1, 0.15) is 21.6 Å². The molecular weight excluding hydrogens is 572 g/mol. The quantitative estimate of drug-likeness (QED) is 0.131. The van der Waals surface area contributed by atoms with Crippen LogP contribution in [0.15, 0.2) is 42.5 Å². The molecule has 0 bridgehead atoms. The fourth-order valence-corrected chi connectivity index (χ4v) is 4.94. The van der Waals surface area contributed by atoms with Crippen molar-refractivity contribution in [3.63, 3.8) is 0 Å². The number of amides is 1. The zero-order valence-electron chi connectivity index (χ0n) is 23.7. The van der Waals surface area contributed by atoms with Gasteiger partial charge in [0.05, 0.1) is 18.9 Å². The molecule has 0 aliphatic heterocycles. The van der Waals surface area contributed by atoms with E-state index in [0.29, 0.717) is 6.61 Å². The van der Waals surface area contributed by atoms with Crippen molar-refractivity contribution in [1.82, 2.24) is 25.1 Å². The largest absolute Gasteiger partial charge is 0.494 e. The molecule has 224 valence electrons. The summed E-state index contributed by atoms with van der Waals surface area (Å²) < 4.78 is 67.0. The molecule has 2 aromatic heterocycles. The second-order valence-electron chi connectivity index (χ2n) is 10.9. The van der Waals surface area contributed by atoms with Crippen molar-refractivity contribution in [1.29, 1.82) is 0 Å². The Morgan fingerprint density at radius 2 is 1.83 bits per heavy atom. The van der Waals surface area contributed by atoms with Gasteiger partial charge in [0.15, 0.2) is 28.7 Å². The molecule has 0 saturated carbocycles. The van der Waals surface area contributed by atoms with Crippen LogP contribution < -0.4 is 15.8 Å². The maximum absolute atomic E-state index is 14.7. The Balaban J connectivity index is 1.79. The summed E-state index contributed by atoms with van der Waals surface area (Å²) in [6.07, 6.45) is -5.99. The van der Waals surface area contributed by atoms with Crippen LogP contribution in [0, 0.1) is 5.82 Å². The van der Waals surface area contributed by atoms with Crippen molar-refractivity contribution < 1.29 is 31.8 Å². The van der Waals surface area contributed by atoms with Gasteiger partial charge in [0, 0.05) is 26.8 Å². The lowest BCUT2D eigenvalue weighted by atomic mass is 10.0. The average molecular weight is 605 g/mol. The molecule has 1 amide bonds. The molecule has 4 rings (SSSR count). The zero-order valence-corrected chi connectivity index (χ0v) is 24.7. The van der Waals surface area contributed by atoms with Crippen molar-refractivity contribution in [2.24, 2.45) is 0 Å². The van der Waals surface area contributed by atoms with Crippen molar-refractivity contribution in [3.05, 3.63) is 65.1 Å². The third-order valence-corrected chi connectivity index (χ3v) is 8.05. The Morgan fingerprint density at radius 1 is 1.12 bits per heavy atom. The first-order chi connectivity index (χ1) is 19.8. The number of hydrogen-bond donors (Lipinski definition) is 2. The van der Waals surface area contributed by atoms with Crippen molar-refractivity contribution >= 4 is 30.8 Å². The minimum atomic E-state index is -4.61. The highest BCUT2D eigenvalue weighted by molar-refractivity contribution is 6.76. The Morgan fingerprint density at radius 3 is 2.48 bits per heavy atom. The smallest absolute Gasteiger partial charge is 0.393 e. The number of benzene rings is 2. The third-order valence-electron chi connectivity index (χ3n) is 6.35. The standard InChI is InChI=1S/C28H32F4N6O3Si/c1-40-21-12-18(14-28(30,31)32)19(13-20(21)29)25-35-24(33)22-23(27(39)34-15-17-8-6-5-7-9-17)37-38(26(22)36-25)16-41-10-11-42(2,3)4/h5-9,12-13H,10-11,14-16H2,1-4H3,(H,34,39)(H2,33,35,36). The number of nitrogens with zero attached hydrogens (tertiary/aromatic N) is 4. The summed E-state index contributed by atoms with van der Waals surface area (Å²) in [6.45, 7) is 7.13. The number of aromatic nitrogens is 4. The van der Waals surface area contributed by atoms with E-state index < -0.39 is 32.4 Å². The fraction of sp³-hybridized carbons (Fsp3) is 0.357. The van der Waals surface area contributed by atoms with Gasteiger partial charge >= 0.3 is 6.18 Å². The van der Waals surface area contributed by atoms with Crippen molar-refractivity contribution in [2.75, 3.05) is 19.5 Å². The molecular formula is C28H32F4N6O3Si. The van der Waals surface area contributed by atoms with E-state index in [1.54, 1.807) is 0 Å². The summed E-state index contributed by atoms with van der Waals surface area (Å²) in [6, 6.07) is 11.9. The first-order valence-electron chi connectivity index (χ1n) is 13.1. The maximum Gasteiger partial charge on any atom is 0.393 e. The number of fused-ring (bicyclic) bond motifs is 1. The number of nitrogen functional groups attached to an aromatic ring is 1. The normalized spacial score (nSPS) is 12.1. The van der Waals surface area contributed by atoms with Crippen LogP contribution in [0.2, 0.25) is 25.7 Å². The van der Waals surface area contributed by atoms with E-state index in [2.05, 4.69) is 40.0 Å². The van der Waals surface area contributed by atoms with Crippen molar-refractivity contribution in [3.8, 4) is 17.1 Å². The molecule has 0 fully saturated rings. The van der Waals surface area contributed by atoms with E-state index in [-0.39, 0.29) is 58.5 Å². The molecule has 3 N–H and O–H groups in total. The second-order valence-corrected chi connectivity index (χ2v) is 16.6. The van der Waals surface area contributed by atoms with E-state index in [1.807, 2.05) is 30.3 Å². The van der Waals surface area contributed by atoms with Crippen LogP contribution in [0.5, 0.6) is 5.75 Å². The Hall–Kier alpha value is -4.04. The monoisotopic (exact) mass is 604 g/mol. The number of hydrogen-bond acceptors (Lipinski definition) is 7. The second kappa shape index (κ2) is 12.4. The van der Waals surface area contributed by atoms with Gasteiger partial charge in [0.2, 0.25) is 0 Å². The molecule has 0 aliphatic carbocycles. The number of anilines is 1. The van der Waals surface area contributed by atoms with Gasteiger partial charge in [-0.3, -0.25) is 4.79 Å². The molecule has 0 atom stereocenters. The van der Waals surface area contributed by atoms with Crippen LogP contribution in [0.4, 0.5) is 23.4 Å². The Kier molecular flexibility index (Phi) is 9.16. The van der Waals surface area contributed by atoms with Gasteiger partial charge in [-0.25, -0.2) is 19.0 Å². The number of nitrogens with two attached hydrogens (primary N) is 1. The predicted octanol–water partition coefficient (Wildman–Crippen LogP) is 5.57. The fourth-order valence-electron chi connectivity index (χ4n) is 4.18. The van der Waals surface area contributed by atoms with Crippen LogP contribution in [-0.2, 0) is 24.4 Å². The molecule has 42 heavy (non-hydrogen) atoms. The highest BCUT2D eigenvalue weighted by atomic mass is 28.3. The van der Waals surface area contributed by atoms with Gasteiger partial charge in [0.1, 0.15) is 12.5 Å². The topological polar surface area (TPSA) is 117 Å². The maximum atomic E-state index is 14.7. The molecule has 0 aliphatic rings. The summed E-state index contributed by atoms with van der Waals surface area (Å²) in [4.78, 5) is 21.8. The SMILES string of the molecule is COc1cc(CC(F)(F)F)c(-c2nc(N)c3c(C(=O)NCc4ccccc4)nn(COCC[Si](C)(C)C)c3n2)cc1F. The van der Waals surface area contributed by atoms with E-state index in [4.69, 9.17) is 15.2 Å². The number of alkyl halides is 3. The van der Waals surface area contributed by atoms with Gasteiger partial charge < -0.3 is 20.5 Å². The number of carbonyl (C=O) groups is 1. The van der Waals surface area contributed by atoms with Gasteiger partial charge in [0.25, 0.3) is 5.91 Å². The lowest BCUT2D eigenvalue weighted by molar-refractivity contribution is -0.127. The number of ether oxygens (including phenoxy) is 2. The molecule has 14 heteroatoms. The number of carbonyl (C=O) groups excluding carboxylic acids is 1. The highest BCUT2D eigenvalue weighted by Crippen LogP contribution is 2.34. The third kappa shape index (κ3) is 7.62. The van der Waals surface area contributed by atoms with E-state index >= 15 is 0 Å². The minimum absolute atomic E-state index is 0.0598. The van der Waals surface area contributed by atoms with Crippen LogP contribution in [0.25, 0.3) is 22.4 Å². The summed E-state index contributed by atoms with van der Waals surface area (Å²) >= 11 is 0. The van der Waals surface area contributed by atoms with Crippen LogP contribution in [0.3, 0.4) is 0 Å². The van der Waals surface area contributed by atoms with Gasteiger partial charge in [-0.15, -0.1) is 0 Å². The van der Waals surface area contributed by atoms with E-state index in [9.17, 15) is 22.4 Å². The first kappa shape index (κ1) is 30.9. The number of methoxy groups -OCH3 is 1. The zero-order chi connectivity index (χ0) is 30.7. The Bertz CT molecular complexity index is 1570. The van der Waals surface area contributed by atoms with Crippen LogP contribution in [-0.4, -0.2) is 53.6 Å². The lowest BCUT2D eigenvalue weighted by Gasteiger charge is -2.15. The summed E-state index contributed by atoms with van der Waals surface area (Å²) in [5.74, 6) is -2.28. The van der Waals surface area contributed by atoms with Gasteiger partial charge in [-0.05, 0) is 29.3 Å². The van der Waals surface area contributed by atoms with Gasteiger partial charge in [-0.1, -0.05) is 50.0 Å². The molecule has 4 aromatic rings. The highest BCUT2D eigenvalue weighted by Gasteiger charge is 2.31. The molecule has 2 aromatic carbocycles. The summed E-state index contributed by atoms with van der Waals surface area (Å²) in [5.41, 5.74) is 6.59. The summed E-state index contributed by atoms with van der Waals surface area (Å²) in [7, 11) is -0.254. The van der Waals surface area contributed by atoms with Gasteiger partial charge in [-0.2, -0.15) is 18.3 Å². The molecule has 0 radical (unpaired) electrons.